The predicted octanol–water partition coefficient (Wildman–Crippen LogP) is 8.30. The summed E-state index contributed by atoms with van der Waals surface area (Å²) in [5, 5.41) is 30.3. The molecule has 44 heavy (non-hydrogen) atoms. The molecule has 0 saturated heterocycles. The van der Waals surface area contributed by atoms with E-state index in [-0.39, 0.29) is 32.0 Å². The number of rotatable bonds is 30. The molecule has 256 valence electrons. The maximum absolute atomic E-state index is 12.0. The highest BCUT2D eigenvalue weighted by Crippen LogP contribution is 2.14. The highest BCUT2D eigenvalue weighted by atomic mass is 16.6. The summed E-state index contributed by atoms with van der Waals surface area (Å²) in [6.45, 7) is 6.29. The van der Waals surface area contributed by atoms with Gasteiger partial charge < -0.3 is 24.8 Å². The second kappa shape index (κ2) is 31.0. The lowest BCUT2D eigenvalue weighted by Gasteiger charge is -2.16. The number of unbranched alkanes of at least 4 members (excludes halogenated alkanes) is 10. The van der Waals surface area contributed by atoms with Gasteiger partial charge in [-0.05, 0) is 57.3 Å². The second-order valence-electron chi connectivity index (χ2n) is 12.4. The van der Waals surface area contributed by atoms with E-state index < -0.39 is 24.3 Å². The van der Waals surface area contributed by atoms with E-state index in [4.69, 9.17) is 9.47 Å². The summed E-state index contributed by atoms with van der Waals surface area (Å²) < 4.78 is 10.2. The summed E-state index contributed by atoms with van der Waals surface area (Å²) in [6.07, 6.45) is 28.2. The van der Waals surface area contributed by atoms with Crippen LogP contribution in [-0.2, 0) is 19.1 Å². The van der Waals surface area contributed by atoms with Crippen molar-refractivity contribution >= 4 is 11.9 Å². The van der Waals surface area contributed by atoms with Gasteiger partial charge in [0, 0.05) is 12.8 Å². The van der Waals surface area contributed by atoms with Gasteiger partial charge in [0.25, 0.3) is 0 Å². The average Bonchev–Trinajstić information content (AvgIpc) is 3.00. The molecule has 0 aromatic heterocycles. The van der Waals surface area contributed by atoms with Crippen LogP contribution in [0, 0.1) is 5.92 Å². The summed E-state index contributed by atoms with van der Waals surface area (Å²) in [7, 11) is 0. The molecular weight excluding hydrogens is 556 g/mol. The number of ether oxygens (including phenoxy) is 2. The van der Waals surface area contributed by atoms with Crippen LogP contribution in [0.4, 0.5) is 0 Å². The topological polar surface area (TPSA) is 113 Å². The largest absolute Gasteiger partial charge is 0.463 e. The summed E-state index contributed by atoms with van der Waals surface area (Å²) in [4.78, 5) is 23.8. The molecule has 0 amide bonds. The van der Waals surface area contributed by atoms with E-state index in [1.165, 1.54) is 57.8 Å². The second-order valence-corrected chi connectivity index (χ2v) is 12.4. The molecule has 2 unspecified atom stereocenters. The molecule has 0 aliphatic rings. The van der Waals surface area contributed by atoms with Crippen LogP contribution in [0.3, 0.4) is 0 Å². The quantitative estimate of drug-likeness (QED) is 0.0419. The Morgan fingerprint density at radius 2 is 1.11 bits per heavy atom. The van der Waals surface area contributed by atoms with Gasteiger partial charge in [-0.2, -0.15) is 0 Å². The van der Waals surface area contributed by atoms with Gasteiger partial charge >= 0.3 is 11.9 Å². The zero-order chi connectivity index (χ0) is 32.7. The molecule has 7 nitrogen and oxygen atoms in total. The lowest BCUT2D eigenvalue weighted by atomic mass is 10.0. The third kappa shape index (κ3) is 30.1. The fourth-order valence-corrected chi connectivity index (χ4v) is 4.67. The van der Waals surface area contributed by atoms with Crippen molar-refractivity contribution in [1.29, 1.82) is 0 Å². The van der Waals surface area contributed by atoms with Gasteiger partial charge in [-0.3, -0.25) is 9.59 Å². The summed E-state index contributed by atoms with van der Waals surface area (Å²) >= 11 is 0. The molecule has 0 aromatic carbocycles. The lowest BCUT2D eigenvalue weighted by Crippen LogP contribution is -2.26. The van der Waals surface area contributed by atoms with E-state index in [1.807, 2.05) is 12.2 Å². The van der Waals surface area contributed by atoms with E-state index in [2.05, 4.69) is 45.1 Å². The van der Waals surface area contributed by atoms with Crippen molar-refractivity contribution in [1.82, 2.24) is 0 Å². The number of aliphatic hydroxyl groups excluding tert-OH is 3. The van der Waals surface area contributed by atoms with Crippen molar-refractivity contribution in [2.24, 2.45) is 5.92 Å². The van der Waals surface area contributed by atoms with Crippen LogP contribution < -0.4 is 0 Å². The Balaban J connectivity index is 3.74. The molecule has 0 saturated carbocycles. The smallest absolute Gasteiger partial charge is 0.305 e. The van der Waals surface area contributed by atoms with Crippen molar-refractivity contribution in [3.8, 4) is 0 Å². The Morgan fingerprint density at radius 3 is 1.70 bits per heavy atom. The first-order chi connectivity index (χ1) is 21.3. The fourth-order valence-electron chi connectivity index (χ4n) is 4.67. The standard InChI is InChI=1S/C37H66O7/c1-4-5-6-7-8-9-10-11-12-16-19-22-26-34(39)35(40)27-24-29-37(42)44-31-33(38)30-43-36(41)28-23-20-17-14-13-15-18-21-25-32(2)3/h8-9,11-12,19,22,32-35,38-40H,4-7,10,13-18,20-21,23-31H2,1-3H3/b9-8-,12-11-,22-19-/t33-,34?,35?/m1/s1. The van der Waals surface area contributed by atoms with E-state index in [0.717, 1.165) is 44.4 Å². The van der Waals surface area contributed by atoms with Gasteiger partial charge in [-0.15, -0.1) is 0 Å². The maximum Gasteiger partial charge on any atom is 0.305 e. The Labute approximate surface area is 269 Å². The minimum atomic E-state index is -1.07. The zero-order valence-corrected chi connectivity index (χ0v) is 28.3. The van der Waals surface area contributed by atoms with Crippen LogP contribution in [0.1, 0.15) is 149 Å². The summed E-state index contributed by atoms with van der Waals surface area (Å²) in [5.74, 6) is -0.0547. The molecule has 0 aliphatic heterocycles. The molecule has 0 heterocycles. The number of hydrogen-bond acceptors (Lipinski definition) is 7. The summed E-state index contributed by atoms with van der Waals surface area (Å²) in [5.41, 5.74) is 0. The minimum Gasteiger partial charge on any atom is -0.463 e. The van der Waals surface area contributed by atoms with Crippen molar-refractivity contribution in [3.05, 3.63) is 36.5 Å². The Morgan fingerprint density at radius 1 is 0.591 bits per heavy atom. The van der Waals surface area contributed by atoms with E-state index in [1.54, 1.807) is 0 Å². The van der Waals surface area contributed by atoms with Gasteiger partial charge in [0.1, 0.15) is 19.3 Å². The Hall–Kier alpha value is -1.96. The van der Waals surface area contributed by atoms with E-state index in [0.29, 0.717) is 19.3 Å². The molecule has 0 aromatic rings. The molecule has 0 rings (SSSR count). The molecule has 0 aliphatic carbocycles. The Bertz CT molecular complexity index is 759. The van der Waals surface area contributed by atoms with Gasteiger partial charge in [0.05, 0.1) is 12.2 Å². The normalized spacial score (nSPS) is 14.2. The molecule has 0 bridgehead atoms. The van der Waals surface area contributed by atoms with Crippen molar-refractivity contribution in [2.45, 2.75) is 167 Å². The van der Waals surface area contributed by atoms with Gasteiger partial charge in [-0.1, -0.05) is 121 Å². The first kappa shape index (κ1) is 42.0. The van der Waals surface area contributed by atoms with Crippen LogP contribution in [0.15, 0.2) is 36.5 Å². The number of aliphatic hydroxyl groups is 3. The minimum absolute atomic E-state index is 0.0713. The number of carbonyl (C=O) groups is 2. The average molecular weight is 623 g/mol. The van der Waals surface area contributed by atoms with Gasteiger partial charge in [0.2, 0.25) is 0 Å². The summed E-state index contributed by atoms with van der Waals surface area (Å²) in [6, 6.07) is 0. The third-order valence-electron chi connectivity index (χ3n) is 7.51. The van der Waals surface area contributed by atoms with Crippen LogP contribution >= 0.6 is 0 Å². The first-order valence-electron chi connectivity index (χ1n) is 17.6. The van der Waals surface area contributed by atoms with Gasteiger partial charge in [-0.25, -0.2) is 0 Å². The lowest BCUT2D eigenvalue weighted by molar-refractivity contribution is -0.152. The predicted molar refractivity (Wildman–Crippen MR) is 180 cm³/mol. The SMILES string of the molecule is CCCCC/C=C\C/C=C\C/C=C\CC(O)C(O)CCCC(=O)OC[C@H](O)COC(=O)CCCCCCCCCCC(C)C. The third-order valence-corrected chi connectivity index (χ3v) is 7.51. The van der Waals surface area contributed by atoms with Crippen LogP contribution in [0.2, 0.25) is 0 Å². The van der Waals surface area contributed by atoms with Crippen molar-refractivity contribution in [3.63, 3.8) is 0 Å². The monoisotopic (exact) mass is 622 g/mol. The molecule has 0 radical (unpaired) electrons. The number of allylic oxidation sites excluding steroid dienone is 5. The van der Waals surface area contributed by atoms with Crippen LogP contribution in [0.25, 0.3) is 0 Å². The fraction of sp³-hybridized carbons (Fsp3) is 0.784. The molecule has 3 N–H and O–H groups in total. The Kier molecular flexibility index (Phi) is 29.7. The van der Waals surface area contributed by atoms with Crippen molar-refractivity contribution in [2.75, 3.05) is 13.2 Å². The maximum atomic E-state index is 12.0. The number of hydrogen-bond donors (Lipinski definition) is 3. The van der Waals surface area contributed by atoms with Crippen LogP contribution in [0.5, 0.6) is 0 Å². The molecular formula is C37H66O7. The first-order valence-corrected chi connectivity index (χ1v) is 17.6. The number of esters is 2. The zero-order valence-electron chi connectivity index (χ0n) is 28.3. The molecule has 3 atom stereocenters. The van der Waals surface area contributed by atoms with Gasteiger partial charge in [0.15, 0.2) is 0 Å². The molecule has 0 spiro atoms. The van der Waals surface area contributed by atoms with E-state index in [9.17, 15) is 24.9 Å². The molecule has 0 fully saturated rings. The van der Waals surface area contributed by atoms with Crippen LogP contribution in [-0.4, -0.2) is 58.8 Å². The molecule has 7 heteroatoms. The highest BCUT2D eigenvalue weighted by molar-refractivity contribution is 5.69. The van der Waals surface area contributed by atoms with Crippen molar-refractivity contribution < 1.29 is 34.4 Å². The number of carbonyl (C=O) groups excluding carboxylic acids is 2. The van der Waals surface area contributed by atoms with E-state index >= 15 is 0 Å². The highest BCUT2D eigenvalue weighted by Gasteiger charge is 2.16.